The van der Waals surface area contributed by atoms with Crippen molar-refractivity contribution in [1.82, 2.24) is 8.87 Å². The molecule has 0 bridgehead atoms. The van der Waals surface area contributed by atoms with Gasteiger partial charge in [-0.1, -0.05) is 0 Å². The molecule has 28 heavy (non-hydrogen) atoms. The first-order valence-corrected chi connectivity index (χ1v) is 9.88. The fourth-order valence-corrected chi connectivity index (χ4v) is 4.20. The van der Waals surface area contributed by atoms with Gasteiger partial charge in [-0.05, 0) is 43.7 Å². The molecule has 1 aromatic carbocycles. The number of methoxy groups -OCH3 is 2. The van der Waals surface area contributed by atoms with Gasteiger partial charge in [-0.15, -0.1) is 0 Å². The molecule has 152 valence electrons. The largest absolute Gasteiger partial charge is 0.497 e. The van der Waals surface area contributed by atoms with E-state index in [1.807, 2.05) is 0 Å². The molecule has 0 atom stereocenters. The highest BCUT2D eigenvalue weighted by Gasteiger charge is 2.29. The summed E-state index contributed by atoms with van der Waals surface area (Å²) in [5, 5.41) is 0. The van der Waals surface area contributed by atoms with Crippen LogP contribution in [0.5, 0.6) is 5.75 Å². The lowest BCUT2D eigenvalue weighted by Gasteiger charge is -2.17. The Kier molecular flexibility index (Phi) is 6.30. The molecule has 1 heterocycles. The van der Waals surface area contributed by atoms with Crippen molar-refractivity contribution in [3.05, 3.63) is 46.8 Å². The maximum absolute atomic E-state index is 12.9. The van der Waals surface area contributed by atoms with Crippen molar-refractivity contribution >= 4 is 21.8 Å². The predicted molar refractivity (Wildman–Crippen MR) is 103 cm³/mol. The molecule has 0 N–H and O–H groups in total. The summed E-state index contributed by atoms with van der Waals surface area (Å²) in [5.74, 6) is -0.426. The van der Waals surface area contributed by atoms with Gasteiger partial charge in [-0.2, -0.15) is 4.31 Å². The number of rotatable bonds is 7. The third-order valence-electron chi connectivity index (χ3n) is 4.72. The zero-order valence-corrected chi connectivity index (χ0v) is 17.6. The lowest BCUT2D eigenvalue weighted by atomic mass is 10.1. The summed E-state index contributed by atoms with van der Waals surface area (Å²) in [5.41, 5.74) is 1.62. The molecular formula is C19H24N2O6S. The zero-order valence-electron chi connectivity index (χ0n) is 16.8. The van der Waals surface area contributed by atoms with Crippen LogP contribution in [0.2, 0.25) is 0 Å². The van der Waals surface area contributed by atoms with Crippen LogP contribution in [0.1, 0.15) is 32.1 Å². The SMILES string of the molecule is COC(=O)c1c(C)c(C(=O)CN(C)S(=O)(=O)c2ccc(OC)cc2)c(C)n1C. The first-order chi connectivity index (χ1) is 13.1. The molecule has 0 aliphatic rings. The smallest absolute Gasteiger partial charge is 0.354 e. The van der Waals surface area contributed by atoms with Crippen molar-refractivity contribution in [2.75, 3.05) is 27.8 Å². The van der Waals surface area contributed by atoms with E-state index in [1.54, 1.807) is 25.5 Å². The Balaban J connectivity index is 2.33. The Labute approximate surface area is 164 Å². The van der Waals surface area contributed by atoms with Gasteiger partial charge in [0.05, 0.1) is 25.7 Å². The topological polar surface area (TPSA) is 94.9 Å². The Morgan fingerprint density at radius 2 is 1.68 bits per heavy atom. The quantitative estimate of drug-likeness (QED) is 0.513. The summed E-state index contributed by atoms with van der Waals surface area (Å²) >= 11 is 0. The average molecular weight is 408 g/mol. The van der Waals surface area contributed by atoms with Crippen LogP contribution in [0.3, 0.4) is 0 Å². The molecule has 1 aromatic heterocycles. The van der Waals surface area contributed by atoms with Gasteiger partial charge >= 0.3 is 5.97 Å². The maximum atomic E-state index is 12.9. The fraction of sp³-hybridized carbons (Fsp3) is 0.368. The van der Waals surface area contributed by atoms with E-state index in [0.29, 0.717) is 22.6 Å². The molecule has 0 spiro atoms. The lowest BCUT2D eigenvalue weighted by Crippen LogP contribution is -2.32. The molecule has 2 rings (SSSR count). The molecule has 0 saturated carbocycles. The molecule has 0 radical (unpaired) electrons. The third kappa shape index (κ3) is 3.81. The van der Waals surface area contributed by atoms with Crippen molar-refractivity contribution < 1.29 is 27.5 Å². The second-order valence-electron chi connectivity index (χ2n) is 6.34. The van der Waals surface area contributed by atoms with Crippen molar-refractivity contribution in [2.45, 2.75) is 18.7 Å². The number of benzene rings is 1. The Morgan fingerprint density at radius 1 is 1.11 bits per heavy atom. The highest BCUT2D eigenvalue weighted by molar-refractivity contribution is 7.89. The number of likely N-dealkylation sites (N-methyl/N-ethyl adjacent to an activating group) is 1. The monoisotopic (exact) mass is 408 g/mol. The minimum absolute atomic E-state index is 0.0559. The molecule has 8 nitrogen and oxygen atoms in total. The molecule has 0 amide bonds. The van der Waals surface area contributed by atoms with Crippen LogP contribution in [0.25, 0.3) is 0 Å². The second kappa shape index (κ2) is 8.15. The summed E-state index contributed by atoms with van der Waals surface area (Å²) in [6, 6.07) is 5.92. The standard InChI is InChI=1S/C19H24N2O6S/c1-12-17(13(2)21(4)18(12)19(23)27-6)16(22)11-20(3)28(24,25)15-9-7-14(26-5)8-10-15/h7-10H,11H2,1-6H3. The summed E-state index contributed by atoms with van der Waals surface area (Å²) in [4.78, 5) is 24.9. The van der Waals surface area contributed by atoms with Gasteiger partial charge in [-0.25, -0.2) is 13.2 Å². The molecule has 9 heteroatoms. The molecule has 0 unspecified atom stereocenters. The highest BCUT2D eigenvalue weighted by atomic mass is 32.2. The van der Waals surface area contributed by atoms with Crippen LogP contribution >= 0.6 is 0 Å². The number of nitrogens with zero attached hydrogens (tertiary/aromatic N) is 2. The molecule has 0 fully saturated rings. The first-order valence-electron chi connectivity index (χ1n) is 8.44. The van der Waals surface area contributed by atoms with E-state index in [4.69, 9.17) is 9.47 Å². The molecule has 0 saturated heterocycles. The number of carbonyl (C=O) groups excluding carboxylic acids is 2. The summed E-state index contributed by atoms with van der Waals surface area (Å²) in [7, 11) is 1.89. The van der Waals surface area contributed by atoms with Crippen LogP contribution in [0, 0.1) is 13.8 Å². The van der Waals surface area contributed by atoms with Gasteiger partial charge in [0, 0.05) is 25.4 Å². The van der Waals surface area contributed by atoms with E-state index >= 15 is 0 Å². The number of hydrogen-bond donors (Lipinski definition) is 0. The molecular weight excluding hydrogens is 384 g/mol. The van der Waals surface area contributed by atoms with Gasteiger partial charge in [-0.3, -0.25) is 4.79 Å². The number of ether oxygens (including phenoxy) is 2. The van der Waals surface area contributed by atoms with E-state index in [1.165, 1.54) is 45.5 Å². The number of aromatic nitrogens is 1. The number of esters is 1. The third-order valence-corrected chi connectivity index (χ3v) is 6.54. The summed E-state index contributed by atoms with van der Waals surface area (Å²) in [6.07, 6.45) is 0. The highest BCUT2D eigenvalue weighted by Crippen LogP contribution is 2.24. The number of carbonyl (C=O) groups is 2. The van der Waals surface area contributed by atoms with E-state index in [0.717, 1.165) is 4.31 Å². The number of hydrogen-bond acceptors (Lipinski definition) is 6. The van der Waals surface area contributed by atoms with Crippen LogP contribution in [0.15, 0.2) is 29.2 Å². The predicted octanol–water partition coefficient (Wildman–Crippen LogP) is 1.94. The van der Waals surface area contributed by atoms with Crippen molar-refractivity contribution in [2.24, 2.45) is 7.05 Å². The Hall–Kier alpha value is -2.65. The molecule has 0 aliphatic carbocycles. The van der Waals surface area contributed by atoms with E-state index in [9.17, 15) is 18.0 Å². The van der Waals surface area contributed by atoms with Gasteiger partial charge in [0.2, 0.25) is 10.0 Å². The van der Waals surface area contributed by atoms with Crippen LogP contribution in [0.4, 0.5) is 0 Å². The van der Waals surface area contributed by atoms with Crippen molar-refractivity contribution in [3.63, 3.8) is 0 Å². The van der Waals surface area contributed by atoms with Crippen molar-refractivity contribution in [3.8, 4) is 5.75 Å². The van der Waals surface area contributed by atoms with E-state index < -0.39 is 21.8 Å². The van der Waals surface area contributed by atoms with Gasteiger partial charge in [0.25, 0.3) is 0 Å². The minimum Gasteiger partial charge on any atom is -0.497 e. The number of ketones is 1. The summed E-state index contributed by atoms with van der Waals surface area (Å²) < 4.78 is 37.9. The maximum Gasteiger partial charge on any atom is 0.354 e. The van der Waals surface area contributed by atoms with Gasteiger partial charge < -0.3 is 14.0 Å². The van der Waals surface area contributed by atoms with Gasteiger partial charge in [0.15, 0.2) is 5.78 Å². The first kappa shape index (κ1) is 21.6. The average Bonchev–Trinajstić information content (AvgIpc) is 2.89. The summed E-state index contributed by atoms with van der Waals surface area (Å²) in [6.45, 7) is 2.98. The van der Waals surface area contributed by atoms with Crippen molar-refractivity contribution in [1.29, 1.82) is 0 Å². The fourth-order valence-electron chi connectivity index (χ4n) is 3.07. The van der Waals surface area contributed by atoms with E-state index in [-0.39, 0.29) is 17.1 Å². The normalized spacial score (nSPS) is 11.5. The number of sulfonamides is 1. The van der Waals surface area contributed by atoms with Gasteiger partial charge in [0.1, 0.15) is 11.4 Å². The van der Waals surface area contributed by atoms with E-state index in [2.05, 4.69) is 0 Å². The Morgan fingerprint density at radius 3 is 2.18 bits per heavy atom. The molecule has 2 aromatic rings. The second-order valence-corrected chi connectivity index (χ2v) is 8.39. The van der Waals surface area contributed by atoms with Crippen LogP contribution in [-0.2, 0) is 21.8 Å². The minimum atomic E-state index is -3.86. The zero-order chi connectivity index (χ0) is 21.2. The lowest BCUT2D eigenvalue weighted by molar-refractivity contribution is 0.0588. The Bertz CT molecular complexity index is 1010. The van der Waals surface area contributed by atoms with Crippen LogP contribution in [-0.4, -0.2) is 56.9 Å². The molecule has 0 aliphatic heterocycles. The van der Waals surface area contributed by atoms with Crippen LogP contribution < -0.4 is 4.74 Å². The number of Topliss-reactive ketones (excluding diaryl/α,β-unsaturated/α-hetero) is 1.